The average Bonchev–Trinajstić information content (AvgIpc) is 3.10. The van der Waals surface area contributed by atoms with Crippen LogP contribution in [0.4, 0.5) is 0 Å². The fourth-order valence-corrected chi connectivity index (χ4v) is 5.45. The third-order valence-electron chi connectivity index (χ3n) is 8.45. The summed E-state index contributed by atoms with van der Waals surface area (Å²) in [6.45, 7) is 8.65. The molecule has 0 saturated carbocycles. The first-order chi connectivity index (χ1) is 24.1. The molecule has 0 heterocycles. The molecule has 0 aromatic carbocycles. The molecule has 49 heavy (non-hydrogen) atoms. The van der Waals surface area contributed by atoms with Gasteiger partial charge in [-0.25, -0.2) is 0 Å². The average molecular weight is 713 g/mol. The highest BCUT2D eigenvalue weighted by molar-refractivity contribution is 7.16. The Bertz CT molecular complexity index is 773. The molecule has 0 aliphatic carbocycles. The molecule has 0 radical (unpaired) electrons. The van der Waals surface area contributed by atoms with Gasteiger partial charge in [0.25, 0.3) is 0 Å². The van der Waals surface area contributed by atoms with Crippen molar-refractivity contribution in [2.75, 3.05) is 39.4 Å². The first kappa shape index (κ1) is 47.7. The van der Waals surface area contributed by atoms with Gasteiger partial charge in [0.1, 0.15) is 0 Å². The van der Waals surface area contributed by atoms with Gasteiger partial charge in [0.15, 0.2) is 6.29 Å². The maximum atomic E-state index is 12.6. The Hall–Kier alpha value is -1.27. The monoisotopic (exact) mass is 713 g/mol. The van der Waals surface area contributed by atoms with Gasteiger partial charge in [-0.15, -0.1) is 9.24 Å². The third-order valence-corrected chi connectivity index (χ3v) is 8.69. The van der Waals surface area contributed by atoms with Crippen molar-refractivity contribution in [2.24, 2.45) is 5.92 Å². The van der Waals surface area contributed by atoms with Gasteiger partial charge in [0.2, 0.25) is 0 Å². The number of ether oxygens (including phenoxy) is 5. The third kappa shape index (κ3) is 36.3. The van der Waals surface area contributed by atoms with Crippen molar-refractivity contribution in [1.82, 2.24) is 0 Å². The van der Waals surface area contributed by atoms with Crippen LogP contribution in [0.5, 0.6) is 0 Å². The molecule has 8 heteroatoms. The van der Waals surface area contributed by atoms with Crippen LogP contribution in [-0.4, -0.2) is 57.6 Å². The molecule has 0 aliphatic rings. The lowest BCUT2D eigenvalue weighted by Crippen LogP contribution is -2.26. The van der Waals surface area contributed by atoms with Crippen LogP contribution < -0.4 is 0 Å². The van der Waals surface area contributed by atoms with Crippen LogP contribution in [-0.2, 0) is 33.3 Å². The lowest BCUT2D eigenvalue weighted by molar-refractivity contribution is -0.161. The molecule has 0 rings (SSSR count). The van der Waals surface area contributed by atoms with Crippen LogP contribution in [0, 0.1) is 5.92 Å². The summed E-state index contributed by atoms with van der Waals surface area (Å²) in [6, 6.07) is 0. The summed E-state index contributed by atoms with van der Waals surface area (Å²) in [5, 5.41) is 0. The van der Waals surface area contributed by atoms with Crippen molar-refractivity contribution < 1.29 is 33.3 Å². The Morgan fingerprint density at radius 1 is 0.551 bits per heavy atom. The minimum atomic E-state index is -0.392. The van der Waals surface area contributed by atoms with Crippen molar-refractivity contribution in [3.05, 3.63) is 24.3 Å². The zero-order valence-corrected chi connectivity index (χ0v) is 33.3. The first-order valence-electron chi connectivity index (χ1n) is 20.2. The van der Waals surface area contributed by atoms with E-state index in [1.165, 1.54) is 77.0 Å². The van der Waals surface area contributed by atoms with Crippen LogP contribution in [0.15, 0.2) is 24.3 Å². The van der Waals surface area contributed by atoms with E-state index in [2.05, 4.69) is 54.3 Å². The highest BCUT2D eigenvalue weighted by Crippen LogP contribution is 2.13. The van der Waals surface area contributed by atoms with E-state index in [1.807, 2.05) is 0 Å². The summed E-state index contributed by atoms with van der Waals surface area (Å²) in [7, 11) is 2.52. The fraction of sp³-hybridized carbons (Fsp3) is 0.854. The minimum Gasteiger partial charge on any atom is -0.465 e. The number of carbonyl (C=O) groups excluding carboxylic acids is 2. The second-order valence-corrected chi connectivity index (χ2v) is 13.6. The van der Waals surface area contributed by atoms with Crippen molar-refractivity contribution >= 4 is 21.2 Å². The van der Waals surface area contributed by atoms with E-state index < -0.39 is 6.29 Å². The number of hydrogen-bond donors (Lipinski definition) is 0. The van der Waals surface area contributed by atoms with Gasteiger partial charge < -0.3 is 23.7 Å². The van der Waals surface area contributed by atoms with E-state index in [-0.39, 0.29) is 37.5 Å². The van der Waals surface area contributed by atoms with Gasteiger partial charge in [-0.2, -0.15) is 0 Å². The van der Waals surface area contributed by atoms with Crippen molar-refractivity contribution in [2.45, 2.75) is 181 Å². The Balaban J connectivity index is 4.24. The van der Waals surface area contributed by atoms with Crippen LogP contribution >= 0.6 is 9.24 Å². The van der Waals surface area contributed by atoms with Gasteiger partial charge >= 0.3 is 11.9 Å². The summed E-state index contributed by atoms with van der Waals surface area (Å²) >= 11 is 0. The molecule has 7 nitrogen and oxygen atoms in total. The molecule has 0 aromatic rings. The second-order valence-electron chi connectivity index (χ2n) is 13.3. The summed E-state index contributed by atoms with van der Waals surface area (Å²) in [6.07, 6.45) is 34.7. The number of hydrogen-bond acceptors (Lipinski definition) is 7. The molecule has 3 atom stereocenters. The van der Waals surface area contributed by atoms with E-state index >= 15 is 0 Å². The van der Waals surface area contributed by atoms with E-state index in [1.54, 1.807) is 0 Å². The molecule has 0 aromatic heterocycles. The Morgan fingerprint density at radius 3 is 1.61 bits per heavy atom. The van der Waals surface area contributed by atoms with Crippen LogP contribution in [0.25, 0.3) is 0 Å². The Kier molecular flexibility index (Phi) is 38.5. The number of allylic oxidation sites excluding steroid dienone is 4. The highest BCUT2D eigenvalue weighted by Gasteiger charge is 2.18. The standard InChI is InChI=1S/C41H77O7P/c1-4-7-10-13-15-16-17-18-19-20-21-22-23-24-26-29-39(42)47-35-38(34-44-37-49)36-48-40(43)30-31-41(45-32-27-12-9-6-3)46-33-28-25-14-11-8-5-2/h15-16,18-19,38,41H,4-14,17,20-37,49H2,1-3H3/b16-15-,19-18-. The van der Waals surface area contributed by atoms with Crippen LogP contribution in [0.3, 0.4) is 0 Å². The van der Waals surface area contributed by atoms with Gasteiger partial charge in [-0.1, -0.05) is 129 Å². The summed E-state index contributed by atoms with van der Waals surface area (Å²) in [4.78, 5) is 25.0. The zero-order chi connectivity index (χ0) is 35.9. The molecule has 0 saturated heterocycles. The maximum Gasteiger partial charge on any atom is 0.305 e. The second kappa shape index (κ2) is 39.5. The normalized spacial score (nSPS) is 13.0. The molecule has 288 valence electrons. The Morgan fingerprint density at radius 2 is 1.02 bits per heavy atom. The van der Waals surface area contributed by atoms with E-state index in [4.69, 9.17) is 23.7 Å². The SMILES string of the molecule is CCCCC/C=C\C/C=C\CCCCCCCC(=O)OCC(COCP)COC(=O)CCC(OCCCCCC)OCCCCCCCC. The number of unbranched alkanes of at least 4 members (excludes halogenated alkanes) is 16. The zero-order valence-electron chi connectivity index (χ0n) is 32.1. The summed E-state index contributed by atoms with van der Waals surface area (Å²) in [5.41, 5.74) is 0. The van der Waals surface area contributed by atoms with Crippen molar-refractivity contribution in [3.8, 4) is 0 Å². The first-order valence-corrected chi connectivity index (χ1v) is 21.0. The molecule has 0 N–H and O–H groups in total. The fourth-order valence-electron chi connectivity index (χ4n) is 5.32. The number of esters is 2. The summed E-state index contributed by atoms with van der Waals surface area (Å²) in [5.74, 6) is -0.697. The van der Waals surface area contributed by atoms with Gasteiger partial charge in [-0.3, -0.25) is 9.59 Å². The van der Waals surface area contributed by atoms with Crippen LogP contribution in [0.1, 0.15) is 175 Å². The van der Waals surface area contributed by atoms with Gasteiger partial charge in [-0.05, 0) is 51.4 Å². The largest absolute Gasteiger partial charge is 0.465 e. The summed E-state index contributed by atoms with van der Waals surface area (Å²) < 4.78 is 28.7. The van der Waals surface area contributed by atoms with Gasteiger partial charge in [0.05, 0.1) is 38.5 Å². The molecular formula is C41H77O7P. The smallest absolute Gasteiger partial charge is 0.305 e. The predicted octanol–water partition coefficient (Wildman–Crippen LogP) is 11.4. The minimum absolute atomic E-state index is 0.154. The lowest BCUT2D eigenvalue weighted by atomic mass is 10.1. The molecule has 3 unspecified atom stereocenters. The molecule has 0 aliphatic heterocycles. The number of rotatable bonds is 38. The molecule has 0 fully saturated rings. The van der Waals surface area contributed by atoms with Crippen LogP contribution in [0.2, 0.25) is 0 Å². The van der Waals surface area contributed by atoms with Crippen molar-refractivity contribution in [1.29, 1.82) is 0 Å². The van der Waals surface area contributed by atoms with E-state index in [9.17, 15) is 9.59 Å². The quantitative estimate of drug-likeness (QED) is 0.0207. The molecule has 0 spiro atoms. The van der Waals surface area contributed by atoms with Crippen molar-refractivity contribution in [3.63, 3.8) is 0 Å². The molecule has 0 bridgehead atoms. The van der Waals surface area contributed by atoms with Gasteiger partial charge in [0, 0.05) is 26.1 Å². The molecule has 0 amide bonds. The maximum absolute atomic E-state index is 12.6. The Labute approximate surface area is 304 Å². The molecular weight excluding hydrogens is 635 g/mol. The van der Waals surface area contributed by atoms with E-state index in [0.717, 1.165) is 57.8 Å². The van der Waals surface area contributed by atoms with E-state index in [0.29, 0.717) is 39.0 Å². The topological polar surface area (TPSA) is 80.3 Å². The lowest BCUT2D eigenvalue weighted by Gasteiger charge is -2.20. The number of carbonyl (C=O) groups is 2. The highest BCUT2D eigenvalue weighted by atomic mass is 31.0. The predicted molar refractivity (Wildman–Crippen MR) is 208 cm³/mol.